The van der Waals surface area contributed by atoms with Crippen molar-refractivity contribution in [2.24, 2.45) is 0 Å². The highest BCUT2D eigenvalue weighted by molar-refractivity contribution is 6.39. The van der Waals surface area contributed by atoms with Gasteiger partial charge in [0.15, 0.2) is 0 Å². The number of nitrogens with zero attached hydrogens (tertiary/aromatic N) is 2. The minimum Gasteiger partial charge on any atom is -0.395 e. The predicted molar refractivity (Wildman–Crippen MR) is 75.1 cm³/mol. The van der Waals surface area contributed by atoms with Crippen LogP contribution in [0.2, 0.25) is 0 Å². The van der Waals surface area contributed by atoms with Gasteiger partial charge in [0.25, 0.3) is 0 Å². The molecule has 1 fully saturated rings. The summed E-state index contributed by atoms with van der Waals surface area (Å²) in [6.45, 7) is 2.34. The number of carbonyl (C=O) groups excluding carboxylic acids is 2. The van der Waals surface area contributed by atoms with Gasteiger partial charge in [-0.3, -0.25) is 14.5 Å². The van der Waals surface area contributed by atoms with Crippen LogP contribution in [0.15, 0.2) is 18.2 Å². The van der Waals surface area contributed by atoms with Gasteiger partial charge in [0.2, 0.25) is 0 Å². The summed E-state index contributed by atoms with van der Waals surface area (Å²) in [5.41, 5.74) is -0.364. The Hall–Kier alpha value is -2.06. The Morgan fingerprint density at radius 1 is 1.18 bits per heavy atom. The molecule has 0 aromatic heterocycles. The number of carbonyl (C=O) groups is 2. The van der Waals surface area contributed by atoms with Crippen LogP contribution < -0.4 is 5.32 Å². The Balaban J connectivity index is 1.93. The van der Waals surface area contributed by atoms with Gasteiger partial charge in [0.05, 0.1) is 12.3 Å². The molecule has 2 rings (SSSR count). The first-order valence-electron chi connectivity index (χ1n) is 6.90. The fourth-order valence-electron chi connectivity index (χ4n) is 2.23. The zero-order valence-corrected chi connectivity index (χ0v) is 11.9. The van der Waals surface area contributed by atoms with E-state index in [1.54, 1.807) is 0 Å². The average Bonchev–Trinajstić information content (AvgIpc) is 2.51. The molecule has 0 radical (unpaired) electrons. The molecule has 0 aliphatic carbocycles. The van der Waals surface area contributed by atoms with E-state index in [1.165, 1.54) is 4.90 Å². The van der Waals surface area contributed by atoms with E-state index >= 15 is 0 Å². The molecule has 6 nitrogen and oxygen atoms in total. The Labute approximate surface area is 126 Å². The summed E-state index contributed by atoms with van der Waals surface area (Å²) in [7, 11) is 0. The number of rotatable bonds is 3. The lowest BCUT2D eigenvalue weighted by molar-refractivity contribution is -0.144. The number of piperazine rings is 1. The van der Waals surface area contributed by atoms with Crippen LogP contribution in [0.1, 0.15) is 0 Å². The normalized spacial score (nSPS) is 15.7. The first-order valence-corrected chi connectivity index (χ1v) is 6.90. The molecule has 0 bridgehead atoms. The fourth-order valence-corrected chi connectivity index (χ4v) is 2.23. The average molecular weight is 313 g/mol. The van der Waals surface area contributed by atoms with Gasteiger partial charge in [0, 0.05) is 38.8 Å². The predicted octanol–water partition coefficient (Wildman–Crippen LogP) is 0.0398. The minimum absolute atomic E-state index is 0.0350. The first-order chi connectivity index (χ1) is 10.5. The second-order valence-electron chi connectivity index (χ2n) is 4.94. The SMILES string of the molecule is O=C(Nc1cc(F)ccc1F)C(=O)N1CCN(CCO)CC1. The highest BCUT2D eigenvalue weighted by Gasteiger charge is 2.26. The Kier molecular flexibility index (Phi) is 5.40. The summed E-state index contributed by atoms with van der Waals surface area (Å²) >= 11 is 0. The van der Waals surface area contributed by atoms with Gasteiger partial charge >= 0.3 is 11.8 Å². The molecule has 0 atom stereocenters. The summed E-state index contributed by atoms with van der Waals surface area (Å²) in [5, 5.41) is 10.9. The van der Waals surface area contributed by atoms with Crippen molar-refractivity contribution in [3.63, 3.8) is 0 Å². The van der Waals surface area contributed by atoms with Crippen molar-refractivity contribution in [2.75, 3.05) is 44.6 Å². The zero-order chi connectivity index (χ0) is 16.1. The lowest BCUT2D eigenvalue weighted by Crippen LogP contribution is -2.52. The van der Waals surface area contributed by atoms with E-state index < -0.39 is 23.4 Å². The van der Waals surface area contributed by atoms with Crippen LogP contribution in [0.4, 0.5) is 14.5 Å². The second-order valence-corrected chi connectivity index (χ2v) is 4.94. The van der Waals surface area contributed by atoms with Gasteiger partial charge in [-0.15, -0.1) is 0 Å². The quantitative estimate of drug-likeness (QED) is 0.773. The number of benzene rings is 1. The maximum atomic E-state index is 13.4. The van der Waals surface area contributed by atoms with Crippen LogP contribution in [0.5, 0.6) is 0 Å². The standard InChI is InChI=1S/C14H17F2N3O3/c15-10-1-2-11(16)12(9-10)17-13(21)14(22)19-5-3-18(4-6-19)7-8-20/h1-2,9,20H,3-8H2,(H,17,21). The summed E-state index contributed by atoms with van der Waals surface area (Å²) in [4.78, 5) is 27.1. The van der Waals surface area contributed by atoms with E-state index in [0.717, 1.165) is 18.2 Å². The summed E-state index contributed by atoms with van der Waals surface area (Å²) < 4.78 is 26.5. The van der Waals surface area contributed by atoms with Crippen molar-refractivity contribution >= 4 is 17.5 Å². The summed E-state index contributed by atoms with van der Waals surface area (Å²) in [5.74, 6) is -3.30. The molecule has 0 saturated carbocycles. The Morgan fingerprint density at radius 3 is 2.50 bits per heavy atom. The van der Waals surface area contributed by atoms with Gasteiger partial charge in [-0.2, -0.15) is 0 Å². The largest absolute Gasteiger partial charge is 0.395 e. The van der Waals surface area contributed by atoms with E-state index in [1.807, 2.05) is 4.90 Å². The molecule has 2 amide bonds. The summed E-state index contributed by atoms with van der Waals surface area (Å²) in [6, 6.07) is 2.62. The van der Waals surface area contributed by atoms with Crippen molar-refractivity contribution in [1.29, 1.82) is 0 Å². The van der Waals surface area contributed by atoms with E-state index in [4.69, 9.17) is 5.11 Å². The van der Waals surface area contributed by atoms with Crippen LogP contribution in [-0.4, -0.2) is 66.1 Å². The molecule has 0 spiro atoms. The molecule has 1 aromatic carbocycles. The molecule has 1 heterocycles. The van der Waals surface area contributed by atoms with Gasteiger partial charge in [-0.05, 0) is 12.1 Å². The highest BCUT2D eigenvalue weighted by Crippen LogP contribution is 2.15. The smallest absolute Gasteiger partial charge is 0.313 e. The Morgan fingerprint density at radius 2 is 1.86 bits per heavy atom. The molecule has 1 saturated heterocycles. The van der Waals surface area contributed by atoms with Crippen molar-refractivity contribution in [1.82, 2.24) is 9.80 Å². The maximum absolute atomic E-state index is 13.4. The summed E-state index contributed by atoms with van der Waals surface area (Å²) in [6.07, 6.45) is 0. The van der Waals surface area contributed by atoms with E-state index in [2.05, 4.69) is 5.32 Å². The third-order valence-corrected chi connectivity index (χ3v) is 3.45. The van der Waals surface area contributed by atoms with Gasteiger partial charge in [-0.25, -0.2) is 8.78 Å². The van der Waals surface area contributed by atoms with Gasteiger partial charge in [-0.1, -0.05) is 0 Å². The molecule has 8 heteroatoms. The first kappa shape index (κ1) is 16.3. The molecule has 1 aliphatic rings. The second kappa shape index (κ2) is 7.28. The molecule has 120 valence electrons. The van der Waals surface area contributed by atoms with Gasteiger partial charge < -0.3 is 15.3 Å². The van der Waals surface area contributed by atoms with Crippen LogP contribution in [0.3, 0.4) is 0 Å². The van der Waals surface area contributed by atoms with Crippen molar-refractivity contribution in [3.05, 3.63) is 29.8 Å². The van der Waals surface area contributed by atoms with Crippen LogP contribution in [-0.2, 0) is 9.59 Å². The fraction of sp³-hybridized carbons (Fsp3) is 0.429. The number of hydrogen-bond acceptors (Lipinski definition) is 4. The van der Waals surface area contributed by atoms with Crippen LogP contribution >= 0.6 is 0 Å². The highest BCUT2D eigenvalue weighted by atomic mass is 19.1. The molecule has 0 unspecified atom stereocenters. The number of hydrogen-bond donors (Lipinski definition) is 2. The van der Waals surface area contributed by atoms with Crippen molar-refractivity contribution in [3.8, 4) is 0 Å². The number of anilines is 1. The van der Waals surface area contributed by atoms with Crippen LogP contribution in [0, 0.1) is 11.6 Å². The van der Waals surface area contributed by atoms with E-state index in [9.17, 15) is 18.4 Å². The number of amides is 2. The lowest BCUT2D eigenvalue weighted by atomic mass is 10.2. The van der Waals surface area contributed by atoms with Crippen molar-refractivity contribution < 1.29 is 23.5 Å². The molecule has 22 heavy (non-hydrogen) atoms. The molecule has 1 aromatic rings. The number of aliphatic hydroxyl groups is 1. The molecule has 2 N–H and O–H groups in total. The third kappa shape index (κ3) is 3.99. The minimum atomic E-state index is -1.000. The Bertz CT molecular complexity index is 560. The number of nitrogens with one attached hydrogen (secondary N) is 1. The van der Waals surface area contributed by atoms with Crippen molar-refractivity contribution in [2.45, 2.75) is 0 Å². The molecular formula is C14H17F2N3O3. The molecule has 1 aliphatic heterocycles. The number of β-amino-alcohol motifs (C(OH)–C–C–N with tert-alkyl or cyclic N) is 1. The van der Waals surface area contributed by atoms with E-state index in [-0.39, 0.29) is 12.3 Å². The van der Waals surface area contributed by atoms with E-state index in [0.29, 0.717) is 32.7 Å². The van der Waals surface area contributed by atoms with Crippen LogP contribution in [0.25, 0.3) is 0 Å². The maximum Gasteiger partial charge on any atom is 0.313 e. The number of halogens is 2. The van der Waals surface area contributed by atoms with Gasteiger partial charge in [0.1, 0.15) is 11.6 Å². The lowest BCUT2D eigenvalue weighted by Gasteiger charge is -2.33. The third-order valence-electron chi connectivity index (χ3n) is 3.45. The molecular weight excluding hydrogens is 296 g/mol. The topological polar surface area (TPSA) is 72.9 Å². The number of aliphatic hydroxyl groups excluding tert-OH is 1. The monoisotopic (exact) mass is 313 g/mol. The zero-order valence-electron chi connectivity index (χ0n) is 11.9.